The van der Waals surface area contributed by atoms with Gasteiger partial charge in [-0.2, -0.15) is 5.26 Å². The number of nitrogens with zero attached hydrogens (tertiary/aromatic N) is 2. The molecule has 0 saturated carbocycles. The van der Waals surface area contributed by atoms with Gasteiger partial charge in [0, 0.05) is 23.6 Å². The monoisotopic (exact) mass is 553 g/mol. The molecule has 1 aliphatic heterocycles. The van der Waals surface area contributed by atoms with E-state index in [1.807, 2.05) is 12.1 Å². The number of benzene rings is 3. The first-order chi connectivity index (χ1) is 18.2. The first-order valence-corrected chi connectivity index (χ1v) is 14.2. The average molecular weight is 554 g/mol. The zero-order valence-corrected chi connectivity index (χ0v) is 22.9. The second kappa shape index (κ2) is 11.2. The summed E-state index contributed by atoms with van der Waals surface area (Å²) in [6.45, 7) is 1.58. The van der Waals surface area contributed by atoms with Gasteiger partial charge in [-0.3, -0.25) is 4.79 Å². The second-order valence-corrected chi connectivity index (χ2v) is 11.8. The number of hydrogen-bond donors (Lipinski definition) is 1. The van der Waals surface area contributed by atoms with Gasteiger partial charge in [0.15, 0.2) is 26.8 Å². The van der Waals surface area contributed by atoms with Crippen LogP contribution in [0.3, 0.4) is 0 Å². The highest BCUT2D eigenvalue weighted by molar-refractivity contribution is 8.00. The molecule has 1 aliphatic rings. The van der Waals surface area contributed by atoms with Crippen LogP contribution in [-0.4, -0.2) is 51.7 Å². The Balaban J connectivity index is 1.63. The molecule has 11 heteroatoms. The van der Waals surface area contributed by atoms with Crippen LogP contribution < -0.4 is 19.5 Å². The Morgan fingerprint density at radius 3 is 2.29 bits per heavy atom. The zero-order valence-electron chi connectivity index (χ0n) is 21.3. The number of methoxy groups -OCH3 is 2. The number of carbonyl (C=O) groups excluding carboxylic acids is 1. The van der Waals surface area contributed by atoms with Crippen LogP contribution in [0.2, 0.25) is 0 Å². The summed E-state index contributed by atoms with van der Waals surface area (Å²) in [5.74, 6) is 1.17. The number of likely N-dealkylation sites (N-methyl/N-ethyl adjacent to an activating group) is 1. The number of thioether (sulfide) groups is 1. The quantitative estimate of drug-likeness (QED) is 0.410. The molecule has 1 heterocycles. The fourth-order valence-electron chi connectivity index (χ4n) is 3.85. The SMILES string of the molecule is CCS(=O)(=O)c1ccc(C(Oc2ccc(C#N)cc2)C(=O)N(C)C2Nc3cc(OC)c(OC)cc3S2)cc1. The van der Waals surface area contributed by atoms with E-state index in [4.69, 9.17) is 19.5 Å². The minimum atomic E-state index is -3.40. The van der Waals surface area contributed by atoms with Gasteiger partial charge in [-0.1, -0.05) is 30.8 Å². The van der Waals surface area contributed by atoms with Gasteiger partial charge in [0.1, 0.15) is 5.75 Å². The number of rotatable bonds is 9. The molecule has 3 aromatic rings. The highest BCUT2D eigenvalue weighted by Crippen LogP contribution is 2.45. The molecule has 1 amide bonds. The summed E-state index contributed by atoms with van der Waals surface area (Å²) in [5, 5.41) is 12.4. The molecule has 198 valence electrons. The third-order valence-corrected chi connectivity index (χ3v) is 9.09. The summed E-state index contributed by atoms with van der Waals surface area (Å²) in [4.78, 5) is 16.4. The molecule has 0 saturated heterocycles. The van der Waals surface area contributed by atoms with Crippen LogP contribution >= 0.6 is 11.8 Å². The van der Waals surface area contributed by atoms with Crippen molar-refractivity contribution < 1.29 is 27.4 Å². The molecule has 2 unspecified atom stereocenters. The molecule has 0 bridgehead atoms. The molecule has 2 atom stereocenters. The van der Waals surface area contributed by atoms with Crippen LogP contribution in [0.4, 0.5) is 5.69 Å². The number of fused-ring (bicyclic) bond motifs is 1. The lowest BCUT2D eigenvalue weighted by molar-refractivity contribution is -0.137. The Kier molecular flexibility index (Phi) is 8.04. The lowest BCUT2D eigenvalue weighted by Crippen LogP contribution is -2.42. The average Bonchev–Trinajstić information content (AvgIpc) is 3.37. The number of anilines is 1. The first kappa shape index (κ1) is 27.2. The Morgan fingerprint density at radius 2 is 1.71 bits per heavy atom. The Hall–Kier alpha value is -3.88. The number of amides is 1. The summed E-state index contributed by atoms with van der Waals surface area (Å²) in [6, 6.07) is 18.3. The molecule has 1 N–H and O–H groups in total. The van der Waals surface area contributed by atoms with E-state index in [1.165, 1.54) is 28.8 Å². The van der Waals surface area contributed by atoms with Gasteiger partial charge >= 0.3 is 0 Å². The Labute approximate surface area is 226 Å². The van der Waals surface area contributed by atoms with Crippen molar-refractivity contribution in [1.29, 1.82) is 5.26 Å². The van der Waals surface area contributed by atoms with E-state index < -0.39 is 21.4 Å². The number of nitrogens with one attached hydrogen (secondary N) is 1. The predicted octanol–water partition coefficient (Wildman–Crippen LogP) is 4.45. The van der Waals surface area contributed by atoms with Gasteiger partial charge < -0.3 is 24.4 Å². The van der Waals surface area contributed by atoms with Gasteiger partial charge in [0.25, 0.3) is 5.91 Å². The largest absolute Gasteiger partial charge is 0.493 e. The van der Waals surface area contributed by atoms with Crippen molar-refractivity contribution in [3.05, 3.63) is 71.8 Å². The van der Waals surface area contributed by atoms with Gasteiger partial charge in [0.2, 0.25) is 6.10 Å². The molecule has 3 aromatic carbocycles. The van der Waals surface area contributed by atoms with Crippen LogP contribution in [0, 0.1) is 11.3 Å². The van der Waals surface area contributed by atoms with Crippen LogP contribution in [-0.2, 0) is 14.6 Å². The van der Waals surface area contributed by atoms with E-state index in [1.54, 1.807) is 64.6 Å². The van der Waals surface area contributed by atoms with E-state index in [9.17, 15) is 13.2 Å². The smallest absolute Gasteiger partial charge is 0.270 e. The summed E-state index contributed by atoms with van der Waals surface area (Å²) in [6.07, 6.45) is -1.07. The Bertz CT molecular complexity index is 1440. The van der Waals surface area contributed by atoms with E-state index >= 15 is 0 Å². The van der Waals surface area contributed by atoms with Crippen LogP contribution in [0.25, 0.3) is 0 Å². The third-order valence-electron chi connectivity index (χ3n) is 6.09. The van der Waals surface area contributed by atoms with E-state index in [2.05, 4.69) is 11.4 Å². The van der Waals surface area contributed by atoms with Gasteiger partial charge in [0.05, 0.1) is 42.2 Å². The van der Waals surface area contributed by atoms with Crippen LogP contribution in [0.5, 0.6) is 17.2 Å². The molecule has 0 aromatic heterocycles. The lowest BCUT2D eigenvalue weighted by Gasteiger charge is -2.29. The van der Waals surface area contributed by atoms with Crippen molar-refractivity contribution in [2.24, 2.45) is 0 Å². The molecular weight excluding hydrogens is 526 g/mol. The molecule has 0 aliphatic carbocycles. The summed E-state index contributed by atoms with van der Waals surface area (Å²) < 4.78 is 41.5. The van der Waals surface area contributed by atoms with Crippen molar-refractivity contribution in [2.45, 2.75) is 28.3 Å². The van der Waals surface area contributed by atoms with Crippen molar-refractivity contribution in [1.82, 2.24) is 4.90 Å². The van der Waals surface area contributed by atoms with Crippen molar-refractivity contribution in [3.63, 3.8) is 0 Å². The molecule has 0 radical (unpaired) electrons. The number of carbonyl (C=O) groups is 1. The topological polar surface area (TPSA) is 118 Å². The summed E-state index contributed by atoms with van der Waals surface area (Å²) >= 11 is 1.44. The maximum Gasteiger partial charge on any atom is 0.270 e. The second-order valence-electron chi connectivity index (χ2n) is 8.37. The molecule has 0 fully saturated rings. The molecule has 9 nitrogen and oxygen atoms in total. The minimum Gasteiger partial charge on any atom is -0.493 e. The number of ether oxygens (including phenoxy) is 3. The lowest BCUT2D eigenvalue weighted by atomic mass is 10.1. The van der Waals surface area contributed by atoms with Gasteiger partial charge in [-0.25, -0.2) is 8.42 Å². The predicted molar refractivity (Wildman–Crippen MR) is 144 cm³/mol. The maximum atomic E-state index is 13.8. The Morgan fingerprint density at radius 1 is 1.08 bits per heavy atom. The minimum absolute atomic E-state index is 0.0279. The zero-order chi connectivity index (χ0) is 27.4. The van der Waals surface area contributed by atoms with Gasteiger partial charge in [-0.05, 0) is 42.5 Å². The first-order valence-electron chi connectivity index (χ1n) is 11.7. The molecular formula is C27H27N3O6S2. The highest BCUT2D eigenvalue weighted by atomic mass is 32.2. The van der Waals surface area contributed by atoms with Crippen molar-refractivity contribution in [2.75, 3.05) is 32.3 Å². The van der Waals surface area contributed by atoms with Gasteiger partial charge in [-0.15, -0.1) is 0 Å². The van der Waals surface area contributed by atoms with Crippen molar-refractivity contribution >= 4 is 33.2 Å². The van der Waals surface area contributed by atoms with Crippen LogP contribution in [0.1, 0.15) is 24.2 Å². The van der Waals surface area contributed by atoms with E-state index in [-0.39, 0.29) is 16.6 Å². The third kappa shape index (κ3) is 5.51. The summed E-state index contributed by atoms with van der Waals surface area (Å²) in [5.41, 5.74) is 1.31. The van der Waals surface area contributed by atoms with E-state index in [0.29, 0.717) is 28.4 Å². The standard InChI is InChI=1S/C27H27N3O6S2/c1-5-38(32,33)20-12-8-18(9-13-20)25(36-19-10-6-17(16-28)7-11-19)26(31)30(2)27-29-21-14-22(34-3)23(35-4)15-24(21)37-27/h6-15,25,27,29H,5H2,1-4H3. The van der Waals surface area contributed by atoms with E-state index in [0.717, 1.165) is 10.6 Å². The molecule has 4 rings (SSSR count). The fourth-order valence-corrected chi connectivity index (χ4v) is 5.84. The highest BCUT2D eigenvalue weighted by Gasteiger charge is 2.34. The summed E-state index contributed by atoms with van der Waals surface area (Å²) in [7, 11) is 1.38. The van der Waals surface area contributed by atoms with Crippen LogP contribution in [0.15, 0.2) is 70.5 Å². The molecule has 38 heavy (non-hydrogen) atoms. The molecule has 0 spiro atoms. The normalized spacial score (nSPS) is 15.0. The number of hydrogen-bond acceptors (Lipinski definition) is 9. The number of nitriles is 1. The van der Waals surface area contributed by atoms with Crippen molar-refractivity contribution in [3.8, 4) is 23.3 Å². The fraction of sp³-hybridized carbons (Fsp3) is 0.259. The maximum absolute atomic E-state index is 13.8. The number of sulfone groups is 1.